The molecule has 1 aromatic heterocycles. The van der Waals surface area contributed by atoms with E-state index >= 15 is 0 Å². The number of aliphatic carboxylic acids is 1. The predicted molar refractivity (Wildman–Crippen MR) is 110 cm³/mol. The molecule has 13 nitrogen and oxygen atoms in total. The fraction of sp³-hybridized carbons (Fsp3) is 0.476. The molecule has 0 spiro atoms. The van der Waals surface area contributed by atoms with Crippen LogP contribution in [0.5, 0.6) is 11.5 Å². The summed E-state index contributed by atoms with van der Waals surface area (Å²) >= 11 is 0. The van der Waals surface area contributed by atoms with E-state index in [1.54, 1.807) is 0 Å². The summed E-state index contributed by atoms with van der Waals surface area (Å²) in [7, 11) is 0. The Bertz CT molecular complexity index is 1110. The van der Waals surface area contributed by atoms with Crippen LogP contribution in [0.3, 0.4) is 0 Å². The number of carbonyl (C=O) groups is 2. The second-order valence-corrected chi connectivity index (χ2v) is 8.17. The first-order valence-electron chi connectivity index (χ1n) is 10.1. The average molecular weight is 484 g/mol. The molecule has 186 valence electrons. The van der Waals surface area contributed by atoms with Crippen molar-refractivity contribution in [1.29, 1.82) is 0 Å². The maximum Gasteiger partial charge on any atom is 0.336 e. The normalized spacial score (nSPS) is 26.6. The summed E-state index contributed by atoms with van der Waals surface area (Å²) in [6.07, 6.45) is -9.59. The van der Waals surface area contributed by atoms with E-state index in [1.807, 2.05) is 0 Å². The Hall–Kier alpha value is -3.23. The molecule has 1 aliphatic rings. The average Bonchev–Trinajstić information content (AvgIpc) is 2.72. The zero-order chi connectivity index (χ0) is 25.2. The van der Waals surface area contributed by atoms with Gasteiger partial charge in [-0.25, -0.2) is 4.79 Å². The predicted octanol–water partition coefficient (Wildman–Crippen LogP) is -1.16. The third kappa shape index (κ3) is 6.01. The summed E-state index contributed by atoms with van der Waals surface area (Å²) in [5, 5.41) is 59.8. The van der Waals surface area contributed by atoms with Crippen LogP contribution < -0.4 is 10.4 Å². The number of fused-ring (bicyclic) bond motifs is 1. The van der Waals surface area contributed by atoms with Gasteiger partial charge >= 0.3 is 17.6 Å². The largest absolute Gasteiger partial charge is 0.504 e. The summed E-state index contributed by atoms with van der Waals surface area (Å²) in [6, 6.07) is 4.95. The van der Waals surface area contributed by atoms with Gasteiger partial charge in [0.2, 0.25) is 6.29 Å². The van der Waals surface area contributed by atoms with Gasteiger partial charge in [-0.05, 0) is 19.1 Å². The van der Waals surface area contributed by atoms with Crippen molar-refractivity contribution >= 4 is 22.9 Å². The van der Waals surface area contributed by atoms with Gasteiger partial charge in [-0.1, -0.05) is 0 Å². The van der Waals surface area contributed by atoms with Gasteiger partial charge in [0.15, 0.2) is 11.5 Å². The molecule has 0 radical (unpaired) electrons. The molecule has 0 bridgehead atoms. The molecule has 2 aromatic rings. The third-order valence-electron chi connectivity index (χ3n) is 5.08. The summed E-state index contributed by atoms with van der Waals surface area (Å²) in [5.74, 6) is -2.98. The molecular formula is C21H24O13. The first kappa shape index (κ1) is 25.4. The maximum absolute atomic E-state index is 12.0. The van der Waals surface area contributed by atoms with Gasteiger partial charge < -0.3 is 49.3 Å². The second kappa shape index (κ2) is 9.95. The minimum Gasteiger partial charge on any atom is -0.504 e. The SMILES string of the molecule is C[C@@](O)(CC(=O)O)CC(=O)OC[C@@H]1O[C@H](Oc2cc3ccc(=O)oc3cc2O)[C@@H](O)[C@H](O)[C@H]1O. The molecular weight excluding hydrogens is 460 g/mol. The van der Waals surface area contributed by atoms with E-state index in [4.69, 9.17) is 23.7 Å². The highest BCUT2D eigenvalue weighted by atomic mass is 16.7. The molecule has 34 heavy (non-hydrogen) atoms. The first-order chi connectivity index (χ1) is 15.9. The van der Waals surface area contributed by atoms with Gasteiger partial charge in [0.1, 0.15) is 36.6 Å². The quantitative estimate of drug-likeness (QED) is 0.193. The van der Waals surface area contributed by atoms with Crippen LogP contribution in [0, 0.1) is 0 Å². The lowest BCUT2D eigenvalue weighted by atomic mass is 9.98. The Kier molecular flexibility index (Phi) is 7.43. The Labute approximate surface area is 191 Å². The maximum atomic E-state index is 12.0. The van der Waals surface area contributed by atoms with E-state index in [0.717, 1.165) is 19.1 Å². The van der Waals surface area contributed by atoms with Crippen molar-refractivity contribution in [2.75, 3.05) is 6.61 Å². The minimum atomic E-state index is -1.87. The fourth-order valence-electron chi connectivity index (χ4n) is 3.38. The number of esters is 1. The number of benzene rings is 1. The van der Waals surface area contributed by atoms with Crippen LogP contribution in [0.4, 0.5) is 0 Å². The van der Waals surface area contributed by atoms with Gasteiger partial charge in [-0.2, -0.15) is 0 Å². The van der Waals surface area contributed by atoms with Crippen LogP contribution in [0.25, 0.3) is 11.0 Å². The van der Waals surface area contributed by atoms with Crippen LogP contribution in [0.1, 0.15) is 19.8 Å². The Morgan fingerprint density at radius 2 is 1.79 bits per heavy atom. The minimum absolute atomic E-state index is 0.0708. The number of hydrogen-bond donors (Lipinski definition) is 6. The molecule has 0 unspecified atom stereocenters. The molecule has 13 heteroatoms. The number of hydrogen-bond acceptors (Lipinski definition) is 12. The molecule has 1 fully saturated rings. The number of phenolic OH excluding ortho intramolecular Hbond substituents is 1. The number of aliphatic hydroxyl groups excluding tert-OH is 3. The lowest BCUT2D eigenvalue weighted by Gasteiger charge is -2.40. The number of rotatable bonds is 8. The van der Waals surface area contributed by atoms with E-state index in [9.17, 15) is 39.9 Å². The smallest absolute Gasteiger partial charge is 0.336 e. The molecule has 1 aromatic carbocycles. The highest BCUT2D eigenvalue weighted by Crippen LogP contribution is 2.34. The third-order valence-corrected chi connectivity index (χ3v) is 5.08. The monoisotopic (exact) mass is 484 g/mol. The molecule has 1 aliphatic heterocycles. The van der Waals surface area contributed by atoms with Crippen LogP contribution in [-0.4, -0.2) is 85.5 Å². The van der Waals surface area contributed by atoms with Gasteiger partial charge in [-0.3, -0.25) is 9.59 Å². The van der Waals surface area contributed by atoms with Crippen molar-refractivity contribution in [2.24, 2.45) is 0 Å². The van der Waals surface area contributed by atoms with Gasteiger partial charge in [0.05, 0.1) is 18.4 Å². The Morgan fingerprint density at radius 3 is 2.47 bits per heavy atom. The van der Waals surface area contributed by atoms with Crippen molar-refractivity contribution in [3.63, 3.8) is 0 Å². The summed E-state index contributed by atoms with van der Waals surface area (Å²) in [4.78, 5) is 34.0. The van der Waals surface area contributed by atoms with Crippen molar-refractivity contribution in [1.82, 2.24) is 0 Å². The van der Waals surface area contributed by atoms with Crippen molar-refractivity contribution < 1.29 is 58.9 Å². The summed E-state index contributed by atoms with van der Waals surface area (Å²) in [6.45, 7) is 0.515. The van der Waals surface area contributed by atoms with E-state index in [-0.39, 0.29) is 11.3 Å². The van der Waals surface area contributed by atoms with Gasteiger partial charge in [-0.15, -0.1) is 0 Å². The van der Waals surface area contributed by atoms with Crippen molar-refractivity contribution in [2.45, 2.75) is 56.1 Å². The number of carboxylic acids is 1. The number of carbonyl (C=O) groups excluding carboxylic acids is 1. The van der Waals surface area contributed by atoms with E-state index in [1.165, 1.54) is 12.1 Å². The number of ether oxygens (including phenoxy) is 3. The number of aliphatic hydroxyl groups is 4. The Morgan fingerprint density at radius 1 is 1.09 bits per heavy atom. The molecule has 6 atom stereocenters. The highest BCUT2D eigenvalue weighted by Gasteiger charge is 2.46. The van der Waals surface area contributed by atoms with Crippen LogP contribution in [-0.2, 0) is 19.1 Å². The van der Waals surface area contributed by atoms with Gasteiger partial charge in [0, 0.05) is 17.5 Å². The van der Waals surface area contributed by atoms with E-state index in [0.29, 0.717) is 5.39 Å². The summed E-state index contributed by atoms with van der Waals surface area (Å²) in [5.41, 5.74) is -2.43. The Balaban J connectivity index is 1.69. The van der Waals surface area contributed by atoms with Crippen LogP contribution >= 0.6 is 0 Å². The van der Waals surface area contributed by atoms with Crippen LogP contribution in [0.15, 0.2) is 33.5 Å². The van der Waals surface area contributed by atoms with Crippen LogP contribution in [0.2, 0.25) is 0 Å². The number of aromatic hydroxyl groups is 1. The zero-order valence-corrected chi connectivity index (χ0v) is 17.9. The summed E-state index contributed by atoms with van der Waals surface area (Å²) < 4.78 is 20.7. The highest BCUT2D eigenvalue weighted by molar-refractivity contribution is 5.80. The zero-order valence-electron chi connectivity index (χ0n) is 17.9. The van der Waals surface area contributed by atoms with E-state index in [2.05, 4.69) is 0 Å². The standard InChI is InChI=1S/C21H24O13/c1-21(30,6-14(23)24)7-16(26)31-8-13-17(27)18(28)19(29)20(34-13)33-12-4-9-2-3-15(25)32-11(9)5-10(12)22/h2-5,13,17-20,22,27-30H,6-8H2,1H3,(H,23,24)/t13-,17-,18+,19-,20-,21+/m0/s1. The van der Waals surface area contributed by atoms with Crippen molar-refractivity contribution in [3.05, 3.63) is 34.7 Å². The lowest BCUT2D eigenvalue weighted by molar-refractivity contribution is -0.278. The molecule has 6 N–H and O–H groups in total. The first-order valence-corrected chi connectivity index (χ1v) is 10.1. The van der Waals surface area contributed by atoms with E-state index < -0.39 is 79.1 Å². The topological polar surface area (TPSA) is 213 Å². The number of carboxylic acid groups (broad SMARTS) is 1. The molecule has 0 amide bonds. The van der Waals surface area contributed by atoms with Crippen molar-refractivity contribution in [3.8, 4) is 11.5 Å². The fourth-order valence-corrected chi connectivity index (χ4v) is 3.38. The lowest BCUT2D eigenvalue weighted by Crippen LogP contribution is -2.60. The second-order valence-electron chi connectivity index (χ2n) is 8.17. The molecule has 1 saturated heterocycles. The number of phenols is 1. The molecule has 0 saturated carbocycles. The molecule has 0 aliphatic carbocycles. The molecule has 2 heterocycles. The van der Waals surface area contributed by atoms with Gasteiger partial charge in [0.25, 0.3) is 0 Å². The molecule has 3 rings (SSSR count).